The van der Waals surface area contributed by atoms with E-state index in [1.165, 1.54) is 18.5 Å². The van der Waals surface area contributed by atoms with E-state index in [0.717, 1.165) is 0 Å². The number of ether oxygens (including phenoxy) is 2. The first-order valence-corrected chi connectivity index (χ1v) is 4.60. The Bertz CT molecular complexity index is 308. The second kappa shape index (κ2) is 5.70. The van der Waals surface area contributed by atoms with Crippen LogP contribution in [-0.2, 0) is 4.74 Å². The summed E-state index contributed by atoms with van der Waals surface area (Å²) in [6.45, 7) is 2.32. The second-order valence-electron chi connectivity index (χ2n) is 3.21. The molecule has 1 rings (SSSR count). The van der Waals surface area contributed by atoms with E-state index < -0.39 is 7.12 Å². The number of hydrogen-bond donors (Lipinski definition) is 2. The molecule has 0 unspecified atom stereocenters. The molecule has 0 fully saturated rings. The highest BCUT2D eigenvalue weighted by molar-refractivity contribution is 6.58. The summed E-state index contributed by atoms with van der Waals surface area (Å²) < 4.78 is 10.3. The summed E-state index contributed by atoms with van der Waals surface area (Å²) in [5, 5.41) is 17.8. The topological polar surface area (TPSA) is 71.8 Å². The van der Waals surface area contributed by atoms with E-state index in [1.807, 2.05) is 6.92 Å². The van der Waals surface area contributed by atoms with Crippen molar-refractivity contribution in [2.45, 2.75) is 13.0 Å². The van der Waals surface area contributed by atoms with Crippen LogP contribution in [0.1, 0.15) is 6.92 Å². The van der Waals surface area contributed by atoms with Gasteiger partial charge in [-0.2, -0.15) is 0 Å². The lowest BCUT2D eigenvalue weighted by Gasteiger charge is -2.13. The fourth-order valence-electron chi connectivity index (χ4n) is 1.14. The maximum Gasteiger partial charge on any atom is 0.490 e. The molecule has 0 aromatic carbocycles. The minimum atomic E-state index is -1.53. The molecule has 0 amide bonds. The molecular formula is C9H14BNO4. The first-order valence-electron chi connectivity index (χ1n) is 4.60. The molecule has 0 saturated carbocycles. The smallest absolute Gasteiger partial charge is 0.487 e. The van der Waals surface area contributed by atoms with Crippen molar-refractivity contribution in [3.63, 3.8) is 0 Å². The number of pyridine rings is 1. The third-order valence-corrected chi connectivity index (χ3v) is 1.77. The molecule has 1 atom stereocenters. The van der Waals surface area contributed by atoms with Gasteiger partial charge in [-0.25, -0.2) is 0 Å². The van der Waals surface area contributed by atoms with Crippen molar-refractivity contribution in [3.8, 4) is 5.75 Å². The van der Waals surface area contributed by atoms with Gasteiger partial charge in [-0.1, -0.05) is 0 Å². The summed E-state index contributed by atoms with van der Waals surface area (Å²) in [6.07, 6.45) is 2.78. The molecule has 0 radical (unpaired) electrons. The minimum absolute atomic E-state index is 0.108. The van der Waals surface area contributed by atoms with Gasteiger partial charge in [0.1, 0.15) is 11.9 Å². The van der Waals surface area contributed by atoms with Crippen molar-refractivity contribution in [1.82, 2.24) is 4.98 Å². The average molecular weight is 211 g/mol. The van der Waals surface area contributed by atoms with Gasteiger partial charge in [0.15, 0.2) is 0 Å². The van der Waals surface area contributed by atoms with E-state index in [-0.39, 0.29) is 6.10 Å². The molecular weight excluding hydrogens is 197 g/mol. The van der Waals surface area contributed by atoms with Crippen LogP contribution in [0.2, 0.25) is 0 Å². The molecule has 0 aliphatic rings. The van der Waals surface area contributed by atoms with Gasteiger partial charge in [0, 0.05) is 18.8 Å². The van der Waals surface area contributed by atoms with E-state index in [2.05, 4.69) is 4.98 Å². The Morgan fingerprint density at radius 2 is 2.20 bits per heavy atom. The number of rotatable bonds is 5. The van der Waals surface area contributed by atoms with Crippen molar-refractivity contribution < 1.29 is 19.5 Å². The zero-order valence-electron chi connectivity index (χ0n) is 8.75. The number of methoxy groups -OCH3 is 1. The molecule has 0 bridgehead atoms. The highest BCUT2D eigenvalue weighted by Gasteiger charge is 2.12. The molecule has 1 aromatic heterocycles. The quantitative estimate of drug-likeness (QED) is 0.622. The van der Waals surface area contributed by atoms with Crippen LogP contribution in [0.25, 0.3) is 0 Å². The van der Waals surface area contributed by atoms with E-state index in [4.69, 9.17) is 19.5 Å². The van der Waals surface area contributed by atoms with Crippen LogP contribution in [0.3, 0.4) is 0 Å². The van der Waals surface area contributed by atoms with Crippen molar-refractivity contribution in [2.24, 2.45) is 0 Å². The number of aromatic nitrogens is 1. The SMILES string of the molecule is COC[C@@H](C)Oc1cncc(B(O)O)c1. The Morgan fingerprint density at radius 3 is 2.80 bits per heavy atom. The van der Waals surface area contributed by atoms with Gasteiger partial charge in [-0.05, 0) is 13.0 Å². The predicted octanol–water partition coefficient (Wildman–Crippen LogP) is -0.825. The van der Waals surface area contributed by atoms with E-state index in [0.29, 0.717) is 17.8 Å². The zero-order valence-corrected chi connectivity index (χ0v) is 8.75. The van der Waals surface area contributed by atoms with Crippen LogP contribution >= 0.6 is 0 Å². The van der Waals surface area contributed by atoms with Crippen molar-refractivity contribution in [3.05, 3.63) is 18.5 Å². The van der Waals surface area contributed by atoms with Crippen LogP contribution in [0.5, 0.6) is 5.75 Å². The summed E-state index contributed by atoms with van der Waals surface area (Å²) in [6, 6.07) is 1.53. The maximum atomic E-state index is 8.92. The lowest BCUT2D eigenvalue weighted by Crippen LogP contribution is -2.30. The molecule has 5 nitrogen and oxygen atoms in total. The molecule has 15 heavy (non-hydrogen) atoms. The summed E-state index contributed by atoms with van der Waals surface area (Å²) in [5.41, 5.74) is 0.303. The van der Waals surface area contributed by atoms with Crippen LogP contribution in [0.4, 0.5) is 0 Å². The first-order chi connectivity index (χ1) is 7.13. The second-order valence-corrected chi connectivity index (χ2v) is 3.21. The monoisotopic (exact) mass is 211 g/mol. The number of nitrogens with zero attached hydrogens (tertiary/aromatic N) is 1. The predicted molar refractivity (Wildman–Crippen MR) is 56.0 cm³/mol. The first kappa shape index (κ1) is 12.0. The molecule has 0 saturated heterocycles. The summed E-state index contributed by atoms with van der Waals surface area (Å²) >= 11 is 0. The van der Waals surface area contributed by atoms with Gasteiger partial charge in [0.2, 0.25) is 0 Å². The highest BCUT2D eigenvalue weighted by Crippen LogP contribution is 2.08. The molecule has 82 valence electrons. The average Bonchev–Trinajstić information content (AvgIpc) is 2.18. The fraction of sp³-hybridized carbons (Fsp3) is 0.444. The summed E-state index contributed by atoms with van der Waals surface area (Å²) in [5.74, 6) is 0.491. The van der Waals surface area contributed by atoms with Crippen molar-refractivity contribution in [1.29, 1.82) is 0 Å². The zero-order chi connectivity index (χ0) is 11.3. The third-order valence-electron chi connectivity index (χ3n) is 1.77. The van der Waals surface area contributed by atoms with Crippen LogP contribution < -0.4 is 10.2 Å². The van der Waals surface area contributed by atoms with Gasteiger partial charge >= 0.3 is 7.12 Å². The van der Waals surface area contributed by atoms with Crippen LogP contribution in [0.15, 0.2) is 18.5 Å². The van der Waals surface area contributed by atoms with Gasteiger partial charge in [-0.15, -0.1) is 0 Å². The molecule has 1 heterocycles. The van der Waals surface area contributed by atoms with E-state index in [9.17, 15) is 0 Å². The minimum Gasteiger partial charge on any atom is -0.487 e. The Labute approximate surface area is 88.8 Å². The van der Waals surface area contributed by atoms with Crippen molar-refractivity contribution >= 4 is 12.6 Å². The van der Waals surface area contributed by atoms with E-state index in [1.54, 1.807) is 7.11 Å². The Morgan fingerprint density at radius 1 is 1.47 bits per heavy atom. The van der Waals surface area contributed by atoms with Gasteiger partial charge in [-0.3, -0.25) is 4.98 Å². The highest BCUT2D eigenvalue weighted by atomic mass is 16.5. The third kappa shape index (κ3) is 3.87. The molecule has 1 aromatic rings. The fourth-order valence-corrected chi connectivity index (χ4v) is 1.14. The number of hydrogen-bond acceptors (Lipinski definition) is 5. The van der Waals surface area contributed by atoms with Gasteiger partial charge in [0.25, 0.3) is 0 Å². The Kier molecular flexibility index (Phi) is 4.55. The molecule has 0 aliphatic heterocycles. The standard InChI is InChI=1S/C9H14BNO4/c1-7(6-14-2)15-9-3-8(10(12)13)4-11-5-9/h3-5,7,12-13H,6H2,1-2H3/t7-/m1/s1. The van der Waals surface area contributed by atoms with Crippen molar-refractivity contribution in [2.75, 3.05) is 13.7 Å². The summed E-state index contributed by atoms with van der Waals surface area (Å²) in [4.78, 5) is 3.83. The Balaban J connectivity index is 2.65. The summed E-state index contributed by atoms with van der Waals surface area (Å²) in [7, 11) is 0.0604. The van der Waals surface area contributed by atoms with Gasteiger partial charge in [0.05, 0.1) is 12.8 Å². The van der Waals surface area contributed by atoms with Crippen LogP contribution in [0, 0.1) is 0 Å². The maximum absolute atomic E-state index is 8.92. The normalized spacial score (nSPS) is 12.3. The Hall–Kier alpha value is -1.11. The molecule has 6 heteroatoms. The molecule has 0 aliphatic carbocycles. The molecule has 0 spiro atoms. The largest absolute Gasteiger partial charge is 0.490 e. The van der Waals surface area contributed by atoms with E-state index >= 15 is 0 Å². The lowest BCUT2D eigenvalue weighted by atomic mass is 9.82. The molecule has 2 N–H and O–H groups in total. The van der Waals surface area contributed by atoms with Crippen LogP contribution in [-0.4, -0.2) is 42.0 Å². The van der Waals surface area contributed by atoms with Gasteiger partial charge < -0.3 is 19.5 Å². The lowest BCUT2D eigenvalue weighted by molar-refractivity contribution is 0.0919.